The Kier molecular flexibility index (Phi) is 3.45. The third-order valence-corrected chi connectivity index (χ3v) is 1.64. The van der Waals surface area contributed by atoms with Crippen molar-refractivity contribution in [2.75, 3.05) is 0 Å². The number of hydrogen-bond acceptors (Lipinski definition) is 3. The first-order valence-corrected chi connectivity index (χ1v) is 4.17. The summed E-state index contributed by atoms with van der Waals surface area (Å²) in [7, 11) is 0. The van der Waals surface area contributed by atoms with E-state index in [1.54, 1.807) is 6.20 Å². The Morgan fingerprint density at radius 1 is 1.43 bits per heavy atom. The summed E-state index contributed by atoms with van der Waals surface area (Å²) >= 11 is 0. The van der Waals surface area contributed by atoms with Crippen LogP contribution in [0.4, 0.5) is 13.2 Å². The number of nitrogens with zero attached hydrogens (tertiary/aromatic N) is 3. The van der Waals surface area contributed by atoms with Crippen molar-refractivity contribution < 1.29 is 13.2 Å². The zero-order chi connectivity index (χ0) is 10.6. The summed E-state index contributed by atoms with van der Waals surface area (Å²) in [5.74, 6) is 0. The SMILES string of the molecule is NCc1cn(CCCC(F)(F)F)nn1. The predicted octanol–water partition coefficient (Wildman–Crippen LogP) is 1.08. The predicted molar refractivity (Wildman–Crippen MR) is 43.2 cm³/mol. The van der Waals surface area contributed by atoms with E-state index in [1.807, 2.05) is 0 Å². The van der Waals surface area contributed by atoms with Crippen LogP contribution in [0.3, 0.4) is 0 Å². The van der Waals surface area contributed by atoms with Crippen molar-refractivity contribution in [3.8, 4) is 0 Å². The molecule has 0 aromatic carbocycles. The number of aryl methyl sites for hydroxylation is 1. The van der Waals surface area contributed by atoms with Gasteiger partial charge in [-0.2, -0.15) is 13.2 Å². The molecule has 1 aromatic rings. The van der Waals surface area contributed by atoms with E-state index in [4.69, 9.17) is 5.73 Å². The summed E-state index contributed by atoms with van der Waals surface area (Å²) in [6.45, 7) is 0.464. The van der Waals surface area contributed by atoms with Crippen LogP contribution in [-0.4, -0.2) is 21.2 Å². The van der Waals surface area contributed by atoms with Gasteiger partial charge in [0.2, 0.25) is 0 Å². The van der Waals surface area contributed by atoms with Crippen molar-refractivity contribution in [3.05, 3.63) is 11.9 Å². The van der Waals surface area contributed by atoms with Gasteiger partial charge in [0, 0.05) is 25.7 Å². The first kappa shape index (κ1) is 11.0. The van der Waals surface area contributed by atoms with Crippen LogP contribution in [0.5, 0.6) is 0 Å². The van der Waals surface area contributed by atoms with E-state index in [0.29, 0.717) is 5.69 Å². The maximum Gasteiger partial charge on any atom is 0.389 e. The van der Waals surface area contributed by atoms with E-state index in [9.17, 15) is 13.2 Å². The number of nitrogens with two attached hydrogens (primary N) is 1. The summed E-state index contributed by atoms with van der Waals surface area (Å²) in [4.78, 5) is 0. The second kappa shape index (κ2) is 4.41. The first-order chi connectivity index (χ1) is 6.51. The largest absolute Gasteiger partial charge is 0.389 e. The Hall–Kier alpha value is -1.11. The highest BCUT2D eigenvalue weighted by molar-refractivity contribution is 4.90. The summed E-state index contributed by atoms with van der Waals surface area (Å²) in [5, 5.41) is 7.28. The summed E-state index contributed by atoms with van der Waals surface area (Å²) in [6, 6.07) is 0. The molecule has 0 aliphatic carbocycles. The molecule has 80 valence electrons. The first-order valence-electron chi connectivity index (χ1n) is 4.17. The van der Waals surface area contributed by atoms with Crippen LogP contribution in [0.15, 0.2) is 6.20 Å². The van der Waals surface area contributed by atoms with Gasteiger partial charge in [-0.05, 0) is 6.42 Å². The average molecular weight is 208 g/mol. The quantitative estimate of drug-likeness (QED) is 0.805. The zero-order valence-electron chi connectivity index (χ0n) is 7.46. The lowest BCUT2D eigenvalue weighted by Gasteiger charge is -2.04. The average Bonchev–Trinajstić information content (AvgIpc) is 2.50. The smallest absolute Gasteiger partial charge is 0.325 e. The molecule has 1 aromatic heterocycles. The molecule has 0 spiro atoms. The second-order valence-electron chi connectivity index (χ2n) is 2.90. The fourth-order valence-electron chi connectivity index (χ4n) is 0.983. The maximum atomic E-state index is 11.8. The van der Waals surface area contributed by atoms with Gasteiger partial charge in [0.25, 0.3) is 0 Å². The van der Waals surface area contributed by atoms with Crippen LogP contribution >= 0.6 is 0 Å². The molecule has 2 N–H and O–H groups in total. The molecular weight excluding hydrogens is 197 g/mol. The Bertz CT molecular complexity index is 281. The van der Waals surface area contributed by atoms with Crippen LogP contribution < -0.4 is 5.73 Å². The molecule has 0 amide bonds. The van der Waals surface area contributed by atoms with Crippen molar-refractivity contribution >= 4 is 0 Å². The molecule has 0 atom stereocenters. The van der Waals surface area contributed by atoms with Crippen LogP contribution in [0, 0.1) is 0 Å². The number of rotatable bonds is 4. The van der Waals surface area contributed by atoms with E-state index in [2.05, 4.69) is 10.3 Å². The van der Waals surface area contributed by atoms with Crippen molar-refractivity contribution in [2.24, 2.45) is 5.73 Å². The van der Waals surface area contributed by atoms with Crippen molar-refractivity contribution in [1.82, 2.24) is 15.0 Å². The van der Waals surface area contributed by atoms with E-state index in [1.165, 1.54) is 4.68 Å². The van der Waals surface area contributed by atoms with E-state index >= 15 is 0 Å². The van der Waals surface area contributed by atoms with E-state index < -0.39 is 12.6 Å². The Morgan fingerprint density at radius 3 is 2.64 bits per heavy atom. The standard InChI is InChI=1S/C7H11F3N4/c8-7(9,10)2-1-3-14-5-6(4-11)12-13-14/h5H,1-4,11H2. The molecule has 1 rings (SSSR count). The van der Waals surface area contributed by atoms with E-state index in [0.717, 1.165) is 0 Å². The molecule has 0 fully saturated rings. The maximum absolute atomic E-state index is 11.8. The van der Waals surface area contributed by atoms with Gasteiger partial charge in [0.05, 0.1) is 5.69 Å². The molecule has 14 heavy (non-hydrogen) atoms. The molecule has 0 radical (unpaired) electrons. The van der Waals surface area contributed by atoms with Crippen molar-refractivity contribution in [3.63, 3.8) is 0 Å². The third kappa shape index (κ3) is 3.73. The molecule has 0 aliphatic heterocycles. The van der Waals surface area contributed by atoms with Gasteiger partial charge in [-0.25, -0.2) is 0 Å². The van der Waals surface area contributed by atoms with Crippen LogP contribution in [-0.2, 0) is 13.1 Å². The monoisotopic (exact) mass is 208 g/mol. The molecule has 1 heterocycles. The molecule has 7 heteroatoms. The van der Waals surface area contributed by atoms with Crippen LogP contribution in [0.1, 0.15) is 18.5 Å². The summed E-state index contributed by atoms with van der Waals surface area (Å²) in [6.07, 6.45) is -3.34. The molecule has 0 saturated heterocycles. The number of aromatic nitrogens is 3. The highest BCUT2D eigenvalue weighted by atomic mass is 19.4. The minimum atomic E-state index is -4.10. The van der Waals surface area contributed by atoms with Gasteiger partial charge in [-0.3, -0.25) is 4.68 Å². The molecule has 0 aliphatic rings. The topological polar surface area (TPSA) is 56.7 Å². The fourth-order valence-corrected chi connectivity index (χ4v) is 0.983. The van der Waals surface area contributed by atoms with Gasteiger partial charge >= 0.3 is 6.18 Å². The van der Waals surface area contributed by atoms with Gasteiger partial charge < -0.3 is 5.73 Å². The van der Waals surface area contributed by atoms with E-state index in [-0.39, 0.29) is 19.5 Å². The lowest BCUT2D eigenvalue weighted by molar-refractivity contribution is -0.136. The van der Waals surface area contributed by atoms with Crippen LogP contribution in [0.25, 0.3) is 0 Å². The molecule has 0 saturated carbocycles. The third-order valence-electron chi connectivity index (χ3n) is 1.64. The Balaban J connectivity index is 2.31. The Morgan fingerprint density at radius 2 is 2.14 bits per heavy atom. The highest BCUT2D eigenvalue weighted by Gasteiger charge is 2.26. The van der Waals surface area contributed by atoms with Gasteiger partial charge in [0.15, 0.2) is 0 Å². The molecule has 0 bridgehead atoms. The summed E-state index contributed by atoms with van der Waals surface area (Å²) < 4.78 is 36.7. The van der Waals surface area contributed by atoms with Gasteiger partial charge in [-0.1, -0.05) is 5.21 Å². The molecule has 4 nitrogen and oxygen atoms in total. The lowest BCUT2D eigenvalue weighted by atomic mass is 10.3. The molecule has 0 unspecified atom stereocenters. The summed E-state index contributed by atoms with van der Waals surface area (Å²) in [5.41, 5.74) is 5.85. The lowest BCUT2D eigenvalue weighted by Crippen LogP contribution is -2.09. The number of hydrogen-bond donors (Lipinski definition) is 1. The van der Waals surface area contributed by atoms with Gasteiger partial charge in [-0.15, -0.1) is 5.10 Å². The van der Waals surface area contributed by atoms with Crippen LogP contribution in [0.2, 0.25) is 0 Å². The highest BCUT2D eigenvalue weighted by Crippen LogP contribution is 2.21. The van der Waals surface area contributed by atoms with Crippen molar-refractivity contribution in [2.45, 2.75) is 32.1 Å². The normalized spacial score (nSPS) is 12.0. The minimum Gasteiger partial charge on any atom is -0.325 e. The zero-order valence-corrected chi connectivity index (χ0v) is 7.46. The molecular formula is C7H11F3N4. The van der Waals surface area contributed by atoms with Crippen molar-refractivity contribution in [1.29, 1.82) is 0 Å². The Labute approximate surface area is 78.9 Å². The minimum absolute atomic E-state index is 0.0108. The number of alkyl halides is 3. The van der Waals surface area contributed by atoms with Gasteiger partial charge in [0.1, 0.15) is 0 Å². The number of halogens is 3. The fraction of sp³-hybridized carbons (Fsp3) is 0.714. The second-order valence-corrected chi connectivity index (χ2v) is 2.90.